The first-order valence-electron chi connectivity index (χ1n) is 5.78. The lowest BCUT2D eigenvalue weighted by atomic mass is 10.3. The van der Waals surface area contributed by atoms with E-state index in [1.54, 1.807) is 25.4 Å². The normalized spacial score (nSPS) is 10.4. The third kappa shape index (κ3) is 3.25. The zero-order valence-corrected chi connectivity index (χ0v) is 10.6. The first-order chi connectivity index (χ1) is 9.06. The molecule has 0 saturated carbocycles. The third-order valence-corrected chi connectivity index (χ3v) is 2.71. The van der Waals surface area contributed by atoms with Gasteiger partial charge in [-0.1, -0.05) is 0 Å². The molecule has 0 atom stereocenters. The molecule has 0 radical (unpaired) electrons. The third-order valence-electron chi connectivity index (χ3n) is 2.71. The lowest BCUT2D eigenvalue weighted by Gasteiger charge is -2.16. The van der Waals surface area contributed by atoms with Crippen molar-refractivity contribution in [1.82, 2.24) is 9.47 Å². The van der Waals surface area contributed by atoms with E-state index in [1.807, 2.05) is 0 Å². The molecule has 0 aliphatic heterocycles. The van der Waals surface area contributed by atoms with Gasteiger partial charge in [-0.05, 0) is 18.2 Å². The summed E-state index contributed by atoms with van der Waals surface area (Å²) in [5.41, 5.74) is 5.78. The van der Waals surface area contributed by atoms with Crippen LogP contribution in [0.2, 0.25) is 0 Å². The maximum absolute atomic E-state index is 12.0. The molecule has 2 aromatic heterocycles. The Morgan fingerprint density at radius 2 is 2.21 bits per heavy atom. The predicted molar refractivity (Wildman–Crippen MR) is 70.3 cm³/mol. The fourth-order valence-corrected chi connectivity index (χ4v) is 1.66. The highest BCUT2D eigenvalue weighted by Gasteiger charge is 2.12. The summed E-state index contributed by atoms with van der Waals surface area (Å²) >= 11 is 0. The van der Waals surface area contributed by atoms with Crippen LogP contribution in [0.25, 0.3) is 0 Å². The monoisotopic (exact) mass is 261 g/mol. The fourth-order valence-electron chi connectivity index (χ4n) is 1.66. The maximum atomic E-state index is 12.0. The standard InChI is InChI=1S/C13H15N3O3/c1-15(8-11-3-2-6-19-11)13(18)9-16-7-10(14)4-5-12(16)17/h2-7H,8-9,14H2,1H3. The van der Waals surface area contributed by atoms with Crippen LogP contribution in [0.5, 0.6) is 0 Å². The van der Waals surface area contributed by atoms with Crippen molar-refractivity contribution in [2.75, 3.05) is 12.8 Å². The molecule has 0 unspecified atom stereocenters. The Kier molecular flexibility index (Phi) is 3.70. The van der Waals surface area contributed by atoms with Crippen molar-refractivity contribution in [1.29, 1.82) is 0 Å². The van der Waals surface area contributed by atoms with Crippen molar-refractivity contribution in [2.45, 2.75) is 13.1 Å². The molecule has 1 amide bonds. The molecule has 0 aliphatic rings. The van der Waals surface area contributed by atoms with Crippen LogP contribution in [0.1, 0.15) is 5.76 Å². The van der Waals surface area contributed by atoms with Crippen molar-refractivity contribution in [3.8, 4) is 0 Å². The number of nitrogens with zero attached hydrogens (tertiary/aromatic N) is 2. The summed E-state index contributed by atoms with van der Waals surface area (Å²) in [5, 5.41) is 0. The minimum absolute atomic E-state index is 0.0406. The van der Waals surface area contributed by atoms with Crippen LogP contribution in [-0.2, 0) is 17.9 Å². The van der Waals surface area contributed by atoms with Crippen molar-refractivity contribution in [3.63, 3.8) is 0 Å². The SMILES string of the molecule is CN(Cc1ccco1)C(=O)Cn1cc(N)ccc1=O. The molecule has 2 heterocycles. The summed E-state index contributed by atoms with van der Waals surface area (Å²) < 4.78 is 6.45. The number of hydrogen-bond donors (Lipinski definition) is 1. The number of carbonyl (C=O) groups is 1. The van der Waals surface area contributed by atoms with Gasteiger partial charge in [0.2, 0.25) is 5.91 Å². The highest BCUT2D eigenvalue weighted by molar-refractivity contribution is 5.75. The summed E-state index contributed by atoms with van der Waals surface area (Å²) in [7, 11) is 1.65. The lowest BCUT2D eigenvalue weighted by Crippen LogP contribution is -2.33. The van der Waals surface area contributed by atoms with Gasteiger partial charge < -0.3 is 19.6 Å². The van der Waals surface area contributed by atoms with Crippen LogP contribution in [-0.4, -0.2) is 22.4 Å². The Labute approximate surface area is 110 Å². The van der Waals surface area contributed by atoms with Gasteiger partial charge in [0, 0.05) is 25.0 Å². The Morgan fingerprint density at radius 3 is 2.89 bits per heavy atom. The molecule has 6 heteroatoms. The molecule has 0 fully saturated rings. The highest BCUT2D eigenvalue weighted by atomic mass is 16.3. The van der Waals surface area contributed by atoms with Crippen LogP contribution < -0.4 is 11.3 Å². The molecule has 0 aromatic carbocycles. The lowest BCUT2D eigenvalue weighted by molar-refractivity contribution is -0.131. The molecule has 0 bridgehead atoms. The molecule has 2 rings (SSSR count). The number of amides is 1. The molecule has 100 valence electrons. The Morgan fingerprint density at radius 1 is 1.42 bits per heavy atom. The number of hydrogen-bond acceptors (Lipinski definition) is 4. The van der Waals surface area contributed by atoms with Crippen LogP contribution >= 0.6 is 0 Å². The molecule has 2 aromatic rings. The van der Waals surface area contributed by atoms with E-state index in [0.717, 1.165) is 0 Å². The second kappa shape index (κ2) is 5.43. The van der Waals surface area contributed by atoms with Crippen molar-refractivity contribution in [3.05, 3.63) is 52.8 Å². The second-order valence-corrected chi connectivity index (χ2v) is 4.26. The van der Waals surface area contributed by atoms with E-state index < -0.39 is 0 Å². The van der Waals surface area contributed by atoms with Crippen LogP contribution in [0.4, 0.5) is 5.69 Å². The summed E-state index contributed by atoms with van der Waals surface area (Å²) in [6.07, 6.45) is 3.01. The van der Waals surface area contributed by atoms with Gasteiger partial charge in [0.15, 0.2) is 0 Å². The first kappa shape index (κ1) is 12.9. The number of pyridine rings is 1. The number of anilines is 1. The topological polar surface area (TPSA) is 81.5 Å². The number of carbonyl (C=O) groups excluding carboxylic acids is 1. The minimum atomic E-state index is -0.256. The zero-order chi connectivity index (χ0) is 13.8. The second-order valence-electron chi connectivity index (χ2n) is 4.26. The van der Waals surface area contributed by atoms with Crippen LogP contribution in [0.15, 0.2) is 45.9 Å². The number of nitrogen functional groups attached to an aromatic ring is 1. The summed E-state index contributed by atoms with van der Waals surface area (Å²) in [5.74, 6) is 0.500. The average molecular weight is 261 g/mol. The number of furan rings is 1. The molecule has 0 aliphatic carbocycles. The van der Waals surface area contributed by atoms with Gasteiger partial charge in [-0.15, -0.1) is 0 Å². The van der Waals surface area contributed by atoms with E-state index in [9.17, 15) is 9.59 Å². The zero-order valence-electron chi connectivity index (χ0n) is 10.6. The number of aromatic nitrogens is 1. The van der Waals surface area contributed by atoms with Crippen molar-refractivity contribution >= 4 is 11.6 Å². The van der Waals surface area contributed by atoms with Gasteiger partial charge in [0.25, 0.3) is 5.56 Å². The largest absolute Gasteiger partial charge is 0.467 e. The van der Waals surface area contributed by atoms with E-state index in [-0.39, 0.29) is 18.0 Å². The molecule has 19 heavy (non-hydrogen) atoms. The van der Waals surface area contributed by atoms with Gasteiger partial charge in [-0.2, -0.15) is 0 Å². The average Bonchev–Trinajstić information content (AvgIpc) is 2.86. The van der Waals surface area contributed by atoms with Crippen molar-refractivity contribution < 1.29 is 9.21 Å². The first-order valence-corrected chi connectivity index (χ1v) is 5.78. The maximum Gasteiger partial charge on any atom is 0.251 e. The van der Waals surface area contributed by atoms with E-state index in [4.69, 9.17) is 10.2 Å². The van der Waals surface area contributed by atoms with Gasteiger partial charge >= 0.3 is 0 Å². The van der Waals surface area contributed by atoms with Gasteiger partial charge in [0.05, 0.1) is 12.8 Å². The quantitative estimate of drug-likeness (QED) is 0.877. The smallest absolute Gasteiger partial charge is 0.251 e. The van der Waals surface area contributed by atoms with Gasteiger partial charge in [-0.3, -0.25) is 9.59 Å². The summed E-state index contributed by atoms with van der Waals surface area (Å²) in [4.78, 5) is 25.0. The number of nitrogens with two attached hydrogens (primary N) is 1. The molecular weight excluding hydrogens is 246 g/mol. The van der Waals surface area contributed by atoms with E-state index in [1.165, 1.54) is 27.8 Å². The molecule has 2 N–H and O–H groups in total. The van der Waals surface area contributed by atoms with Gasteiger partial charge in [-0.25, -0.2) is 0 Å². The van der Waals surface area contributed by atoms with E-state index >= 15 is 0 Å². The molecule has 0 spiro atoms. The van der Waals surface area contributed by atoms with E-state index in [2.05, 4.69) is 0 Å². The molecular formula is C13H15N3O3. The predicted octanol–water partition coefficient (Wildman–Crippen LogP) is 0.682. The highest BCUT2D eigenvalue weighted by Crippen LogP contribution is 2.04. The summed E-state index contributed by atoms with van der Waals surface area (Å²) in [6, 6.07) is 6.40. The molecule has 0 saturated heterocycles. The number of likely N-dealkylation sites (N-methyl/N-ethyl adjacent to an activating group) is 1. The van der Waals surface area contributed by atoms with Crippen molar-refractivity contribution in [2.24, 2.45) is 0 Å². The van der Waals surface area contributed by atoms with Gasteiger partial charge in [0.1, 0.15) is 12.3 Å². The Balaban J connectivity index is 2.04. The Hall–Kier alpha value is -2.50. The number of rotatable bonds is 4. The Bertz CT molecular complexity index is 616. The minimum Gasteiger partial charge on any atom is -0.467 e. The molecule has 6 nitrogen and oxygen atoms in total. The van der Waals surface area contributed by atoms with E-state index in [0.29, 0.717) is 18.0 Å². The fraction of sp³-hybridized carbons (Fsp3) is 0.231. The van der Waals surface area contributed by atoms with Crippen LogP contribution in [0.3, 0.4) is 0 Å². The summed E-state index contributed by atoms with van der Waals surface area (Å²) in [6.45, 7) is 0.323. The van der Waals surface area contributed by atoms with Crippen LogP contribution in [0, 0.1) is 0 Å².